The van der Waals surface area contributed by atoms with Gasteiger partial charge in [-0.25, -0.2) is 0 Å². The van der Waals surface area contributed by atoms with Crippen molar-refractivity contribution < 1.29 is 14.6 Å². The highest BCUT2D eigenvalue weighted by Gasteiger charge is 2.64. The zero-order valence-corrected chi connectivity index (χ0v) is 21.1. The smallest absolute Gasteiger partial charge is 0.272 e. The summed E-state index contributed by atoms with van der Waals surface area (Å²) in [7, 11) is 0. The monoisotopic (exact) mass is 495 g/mol. The van der Waals surface area contributed by atoms with Gasteiger partial charge in [0.1, 0.15) is 17.9 Å². The van der Waals surface area contributed by atoms with Crippen LogP contribution in [0.4, 0.5) is 5.82 Å². The lowest BCUT2D eigenvalue weighted by molar-refractivity contribution is -0.164. The minimum atomic E-state index is -0.354. The number of fused-ring (bicyclic) bond motifs is 1. The van der Waals surface area contributed by atoms with E-state index in [1.54, 1.807) is 24.3 Å². The van der Waals surface area contributed by atoms with Gasteiger partial charge in [-0.3, -0.25) is 4.79 Å². The van der Waals surface area contributed by atoms with Gasteiger partial charge in [0.25, 0.3) is 5.91 Å². The summed E-state index contributed by atoms with van der Waals surface area (Å²) in [5, 5.41) is 30.4. The molecule has 2 saturated carbocycles. The van der Waals surface area contributed by atoms with Gasteiger partial charge in [-0.15, -0.1) is 10.2 Å². The Bertz CT molecular complexity index is 1160. The van der Waals surface area contributed by atoms with Gasteiger partial charge < -0.3 is 20.1 Å². The van der Waals surface area contributed by atoms with Crippen LogP contribution in [0.2, 0.25) is 5.02 Å². The molecule has 0 spiro atoms. The van der Waals surface area contributed by atoms with Crippen molar-refractivity contribution in [2.45, 2.75) is 39.8 Å². The fourth-order valence-electron chi connectivity index (χ4n) is 6.52. The second kappa shape index (κ2) is 8.35. The molecule has 35 heavy (non-hydrogen) atoms. The van der Waals surface area contributed by atoms with Crippen LogP contribution < -0.4 is 15.0 Å². The molecule has 1 amide bonds. The van der Waals surface area contributed by atoms with E-state index in [1.807, 2.05) is 12.1 Å². The topological polar surface area (TPSA) is 111 Å². The molecule has 8 nitrogen and oxygen atoms in total. The maximum atomic E-state index is 13.0. The van der Waals surface area contributed by atoms with Crippen LogP contribution in [0, 0.1) is 39.9 Å². The van der Waals surface area contributed by atoms with Crippen molar-refractivity contribution in [1.29, 1.82) is 5.26 Å². The Hall–Kier alpha value is -2.89. The van der Waals surface area contributed by atoms with E-state index in [4.69, 9.17) is 21.6 Å². The lowest BCUT2D eigenvalue weighted by atomic mass is 9.49. The number of nitrogens with one attached hydrogen (secondary N) is 1. The number of nitriles is 1. The van der Waals surface area contributed by atoms with Gasteiger partial charge in [0.2, 0.25) is 0 Å². The first-order valence-corrected chi connectivity index (χ1v) is 12.3. The number of anilines is 1. The van der Waals surface area contributed by atoms with Gasteiger partial charge >= 0.3 is 0 Å². The molecular weight excluding hydrogens is 466 g/mol. The Morgan fingerprint density at radius 1 is 1.20 bits per heavy atom. The second-order valence-corrected chi connectivity index (χ2v) is 11.6. The van der Waals surface area contributed by atoms with E-state index < -0.39 is 0 Å². The molecule has 1 saturated heterocycles. The molecule has 3 aliphatic rings. The number of benzene rings is 1. The number of aromatic nitrogens is 2. The van der Waals surface area contributed by atoms with E-state index in [1.165, 1.54) is 0 Å². The van der Waals surface area contributed by atoms with Crippen LogP contribution in [0.1, 0.15) is 43.7 Å². The first-order valence-electron chi connectivity index (χ1n) is 11.9. The van der Waals surface area contributed by atoms with Crippen LogP contribution in [0.3, 0.4) is 0 Å². The molecule has 1 aromatic heterocycles. The van der Waals surface area contributed by atoms with Crippen LogP contribution >= 0.6 is 11.6 Å². The van der Waals surface area contributed by atoms with E-state index in [2.05, 4.69) is 48.1 Å². The third-order valence-electron chi connectivity index (χ3n) is 8.22. The molecule has 5 rings (SSSR count). The summed E-state index contributed by atoms with van der Waals surface area (Å²) in [4.78, 5) is 15.2. The molecule has 1 aliphatic heterocycles. The van der Waals surface area contributed by atoms with Crippen molar-refractivity contribution in [1.82, 2.24) is 15.5 Å². The van der Waals surface area contributed by atoms with Gasteiger partial charge in [0.15, 0.2) is 11.5 Å². The molecule has 3 atom stereocenters. The van der Waals surface area contributed by atoms with Gasteiger partial charge in [-0.2, -0.15) is 5.26 Å². The van der Waals surface area contributed by atoms with Crippen LogP contribution in [0.15, 0.2) is 30.3 Å². The summed E-state index contributed by atoms with van der Waals surface area (Å²) in [5.74, 6) is 2.62. The van der Waals surface area contributed by atoms with E-state index >= 15 is 0 Å². The number of aliphatic hydroxyl groups excluding tert-OH is 1. The molecule has 2 aliphatic carbocycles. The number of nitrogens with zero attached hydrogens (tertiary/aromatic N) is 4. The predicted molar refractivity (Wildman–Crippen MR) is 131 cm³/mol. The number of amides is 1. The van der Waals surface area contributed by atoms with Crippen LogP contribution in [0.25, 0.3) is 0 Å². The number of hydrogen-bond acceptors (Lipinski definition) is 7. The number of ether oxygens (including phenoxy) is 1. The molecule has 0 radical (unpaired) electrons. The highest BCUT2D eigenvalue weighted by atomic mass is 35.5. The standard InChI is InChI=1S/C26H30ClN5O3/c1-25(2)23(26(3,4)24(25)35-15-6-5-14(10-28)19(27)9-15)29-22(34)20-7-8-21(31-30-20)32-11-16-17(12-32)18(16)13-33/h5-9,16-18,23-24,33H,11-13H2,1-4H3,(H,29,34)/t16-,17+,18+,23-,24-. The zero-order chi connectivity index (χ0) is 25.1. The SMILES string of the molecule is CC1(C)[C@H](NC(=O)c2ccc(N3C[C@@H]4[C@@H](CO)[C@@H]4C3)nn2)C(C)(C)[C@H]1Oc1ccc(C#N)c(Cl)c1. The summed E-state index contributed by atoms with van der Waals surface area (Å²) in [6.45, 7) is 10.3. The summed E-state index contributed by atoms with van der Waals surface area (Å²) in [5.41, 5.74) is -0.0279. The Morgan fingerprint density at radius 2 is 1.89 bits per heavy atom. The van der Waals surface area contributed by atoms with Crippen molar-refractivity contribution in [3.63, 3.8) is 0 Å². The van der Waals surface area contributed by atoms with Gasteiger partial charge in [0, 0.05) is 42.6 Å². The maximum absolute atomic E-state index is 13.0. The Kier molecular flexibility index (Phi) is 5.69. The van der Waals surface area contributed by atoms with Crippen molar-refractivity contribution >= 4 is 23.3 Å². The number of carbonyl (C=O) groups excluding carboxylic acids is 1. The molecule has 0 bridgehead atoms. The van der Waals surface area contributed by atoms with Gasteiger partial charge in [-0.05, 0) is 42.0 Å². The van der Waals surface area contributed by atoms with E-state index in [-0.39, 0.29) is 41.2 Å². The van der Waals surface area contributed by atoms with Crippen molar-refractivity contribution in [3.8, 4) is 11.8 Å². The van der Waals surface area contributed by atoms with Crippen molar-refractivity contribution in [3.05, 3.63) is 46.6 Å². The molecule has 2 heterocycles. The van der Waals surface area contributed by atoms with Crippen molar-refractivity contribution in [2.75, 3.05) is 24.6 Å². The normalized spacial score (nSPS) is 29.5. The lowest BCUT2D eigenvalue weighted by Gasteiger charge is -2.63. The highest BCUT2D eigenvalue weighted by Crippen LogP contribution is 2.55. The van der Waals surface area contributed by atoms with E-state index in [9.17, 15) is 9.90 Å². The first kappa shape index (κ1) is 23.8. The Morgan fingerprint density at radius 3 is 2.43 bits per heavy atom. The van der Waals surface area contributed by atoms with Gasteiger partial charge in [0.05, 0.1) is 10.6 Å². The number of rotatable bonds is 6. The van der Waals surface area contributed by atoms with Crippen LogP contribution in [-0.4, -0.2) is 53.1 Å². The molecule has 1 aromatic carbocycles. The summed E-state index contributed by atoms with van der Waals surface area (Å²) >= 11 is 6.17. The van der Waals surface area contributed by atoms with Crippen LogP contribution in [-0.2, 0) is 0 Å². The Labute approximate surface area is 210 Å². The third kappa shape index (κ3) is 3.91. The van der Waals surface area contributed by atoms with Crippen LogP contribution in [0.5, 0.6) is 5.75 Å². The van der Waals surface area contributed by atoms with Crippen molar-refractivity contribution in [2.24, 2.45) is 28.6 Å². The number of aliphatic hydroxyl groups is 1. The zero-order valence-electron chi connectivity index (χ0n) is 20.3. The van der Waals surface area contributed by atoms with E-state index in [0.29, 0.717) is 34.1 Å². The fraction of sp³-hybridized carbons (Fsp3) is 0.538. The number of hydrogen-bond donors (Lipinski definition) is 2. The Balaban J connectivity index is 1.22. The number of piperidine rings is 1. The molecule has 184 valence electrons. The average molecular weight is 496 g/mol. The number of halogens is 1. The van der Waals surface area contributed by atoms with Gasteiger partial charge in [-0.1, -0.05) is 39.3 Å². The number of carbonyl (C=O) groups is 1. The molecular formula is C26H30ClN5O3. The predicted octanol–water partition coefficient (Wildman–Crippen LogP) is 3.29. The summed E-state index contributed by atoms with van der Waals surface area (Å²) in [6.07, 6.45) is -0.179. The summed E-state index contributed by atoms with van der Waals surface area (Å²) < 4.78 is 6.28. The molecule has 0 unspecified atom stereocenters. The minimum Gasteiger partial charge on any atom is -0.489 e. The molecule has 2 N–H and O–H groups in total. The quantitative estimate of drug-likeness (QED) is 0.632. The molecule has 2 aromatic rings. The lowest BCUT2D eigenvalue weighted by Crippen LogP contribution is -2.74. The maximum Gasteiger partial charge on any atom is 0.272 e. The minimum absolute atomic E-state index is 0.149. The molecule has 3 fully saturated rings. The second-order valence-electron chi connectivity index (χ2n) is 11.2. The summed E-state index contributed by atoms with van der Waals surface area (Å²) in [6, 6.07) is 10.5. The fourth-order valence-corrected chi connectivity index (χ4v) is 6.74. The molecule has 9 heteroatoms. The first-order chi connectivity index (χ1) is 16.6. The average Bonchev–Trinajstić information content (AvgIpc) is 3.30. The third-order valence-corrected chi connectivity index (χ3v) is 8.53. The largest absolute Gasteiger partial charge is 0.489 e. The van der Waals surface area contributed by atoms with E-state index in [0.717, 1.165) is 18.9 Å². The highest BCUT2D eigenvalue weighted by molar-refractivity contribution is 6.31.